The SMILES string of the molecule is CCC(C)N(CC)CCC(C)(C#N)NC. The average molecular weight is 211 g/mol. The van der Waals surface area contributed by atoms with Crippen LogP contribution in [0.2, 0.25) is 0 Å². The molecule has 88 valence electrons. The van der Waals surface area contributed by atoms with Gasteiger partial charge in [0.1, 0.15) is 5.54 Å². The third-order valence-corrected chi connectivity index (χ3v) is 3.32. The monoisotopic (exact) mass is 211 g/mol. The van der Waals surface area contributed by atoms with E-state index in [4.69, 9.17) is 5.26 Å². The molecule has 3 nitrogen and oxygen atoms in total. The van der Waals surface area contributed by atoms with Crippen LogP contribution < -0.4 is 5.32 Å². The fourth-order valence-corrected chi connectivity index (χ4v) is 1.55. The fraction of sp³-hybridized carbons (Fsp3) is 0.917. The van der Waals surface area contributed by atoms with E-state index in [1.807, 2.05) is 14.0 Å². The van der Waals surface area contributed by atoms with Crippen LogP contribution in [0.5, 0.6) is 0 Å². The van der Waals surface area contributed by atoms with Crippen LogP contribution in [0.1, 0.15) is 40.5 Å². The number of hydrogen-bond donors (Lipinski definition) is 1. The summed E-state index contributed by atoms with van der Waals surface area (Å²) in [5.74, 6) is 0. The maximum absolute atomic E-state index is 9.04. The molecule has 2 unspecified atom stereocenters. The van der Waals surface area contributed by atoms with Crippen molar-refractivity contribution in [1.82, 2.24) is 10.2 Å². The maximum atomic E-state index is 9.04. The quantitative estimate of drug-likeness (QED) is 0.700. The predicted octanol–water partition coefficient (Wildman–Crippen LogP) is 2.00. The molecule has 15 heavy (non-hydrogen) atoms. The molecule has 0 saturated heterocycles. The first-order valence-electron chi connectivity index (χ1n) is 5.87. The number of nitrogens with zero attached hydrogens (tertiary/aromatic N) is 2. The molecular formula is C12H25N3. The van der Waals surface area contributed by atoms with Crippen molar-refractivity contribution in [3.05, 3.63) is 0 Å². The van der Waals surface area contributed by atoms with E-state index in [0.29, 0.717) is 6.04 Å². The summed E-state index contributed by atoms with van der Waals surface area (Å²) in [6, 6.07) is 2.93. The standard InChI is InChI=1S/C12H25N3/c1-6-11(3)15(7-2)9-8-12(4,10-13)14-5/h11,14H,6-9H2,1-5H3. The number of nitrogens with one attached hydrogen (secondary N) is 1. The zero-order valence-electron chi connectivity index (χ0n) is 10.8. The Balaban J connectivity index is 4.17. The van der Waals surface area contributed by atoms with E-state index in [9.17, 15) is 0 Å². The van der Waals surface area contributed by atoms with E-state index >= 15 is 0 Å². The summed E-state index contributed by atoms with van der Waals surface area (Å²) in [6.45, 7) is 10.6. The number of nitriles is 1. The molecule has 0 aliphatic rings. The van der Waals surface area contributed by atoms with Crippen molar-refractivity contribution in [3.63, 3.8) is 0 Å². The van der Waals surface area contributed by atoms with Gasteiger partial charge in [0, 0.05) is 12.6 Å². The Hall–Kier alpha value is -0.590. The van der Waals surface area contributed by atoms with Gasteiger partial charge in [0.15, 0.2) is 0 Å². The lowest BCUT2D eigenvalue weighted by Gasteiger charge is -2.30. The molecule has 0 aromatic rings. The van der Waals surface area contributed by atoms with Crippen LogP contribution >= 0.6 is 0 Å². The summed E-state index contributed by atoms with van der Waals surface area (Å²) in [7, 11) is 1.85. The molecule has 0 aliphatic heterocycles. The lowest BCUT2D eigenvalue weighted by atomic mass is 9.99. The second kappa shape index (κ2) is 6.81. The molecular weight excluding hydrogens is 186 g/mol. The van der Waals surface area contributed by atoms with Crippen LogP contribution in [-0.2, 0) is 0 Å². The van der Waals surface area contributed by atoms with E-state index in [1.165, 1.54) is 0 Å². The Morgan fingerprint density at radius 3 is 2.40 bits per heavy atom. The molecule has 0 bridgehead atoms. The highest BCUT2D eigenvalue weighted by molar-refractivity contribution is 5.03. The van der Waals surface area contributed by atoms with Gasteiger partial charge in [-0.15, -0.1) is 0 Å². The lowest BCUT2D eigenvalue weighted by molar-refractivity contribution is 0.197. The van der Waals surface area contributed by atoms with Crippen molar-refractivity contribution in [2.24, 2.45) is 0 Å². The van der Waals surface area contributed by atoms with Gasteiger partial charge in [-0.05, 0) is 40.3 Å². The van der Waals surface area contributed by atoms with Gasteiger partial charge in [-0.25, -0.2) is 0 Å². The van der Waals surface area contributed by atoms with Crippen molar-refractivity contribution in [2.75, 3.05) is 20.1 Å². The number of hydrogen-bond acceptors (Lipinski definition) is 3. The van der Waals surface area contributed by atoms with Gasteiger partial charge in [-0.1, -0.05) is 13.8 Å². The van der Waals surface area contributed by atoms with Gasteiger partial charge >= 0.3 is 0 Å². The zero-order chi connectivity index (χ0) is 11.9. The largest absolute Gasteiger partial charge is 0.303 e. The van der Waals surface area contributed by atoms with Crippen LogP contribution in [0.15, 0.2) is 0 Å². The van der Waals surface area contributed by atoms with Crippen LogP contribution in [0.4, 0.5) is 0 Å². The Bertz CT molecular complexity index is 209. The molecule has 0 radical (unpaired) electrons. The van der Waals surface area contributed by atoms with Gasteiger partial charge in [0.2, 0.25) is 0 Å². The summed E-state index contributed by atoms with van der Waals surface area (Å²) in [4.78, 5) is 2.42. The van der Waals surface area contributed by atoms with Crippen LogP contribution in [0, 0.1) is 11.3 Å². The van der Waals surface area contributed by atoms with Gasteiger partial charge in [0.25, 0.3) is 0 Å². The Morgan fingerprint density at radius 1 is 1.47 bits per heavy atom. The highest BCUT2D eigenvalue weighted by atomic mass is 15.1. The fourth-order valence-electron chi connectivity index (χ4n) is 1.55. The molecule has 0 saturated carbocycles. The molecule has 0 aromatic carbocycles. The second-order valence-electron chi connectivity index (χ2n) is 4.33. The molecule has 0 amide bonds. The smallest absolute Gasteiger partial charge is 0.104 e. The summed E-state index contributed by atoms with van der Waals surface area (Å²) >= 11 is 0. The van der Waals surface area contributed by atoms with E-state index in [2.05, 4.69) is 37.1 Å². The van der Waals surface area contributed by atoms with Crippen molar-refractivity contribution in [2.45, 2.75) is 52.1 Å². The molecule has 0 rings (SSSR count). The van der Waals surface area contributed by atoms with Crippen molar-refractivity contribution < 1.29 is 0 Å². The predicted molar refractivity (Wildman–Crippen MR) is 64.7 cm³/mol. The minimum atomic E-state index is -0.388. The molecule has 0 heterocycles. The summed E-state index contributed by atoms with van der Waals surface area (Å²) in [5.41, 5.74) is -0.388. The van der Waals surface area contributed by atoms with Crippen LogP contribution in [0.3, 0.4) is 0 Å². The van der Waals surface area contributed by atoms with Crippen molar-refractivity contribution in [3.8, 4) is 6.07 Å². The third-order valence-electron chi connectivity index (χ3n) is 3.32. The topological polar surface area (TPSA) is 39.1 Å². The molecule has 3 heteroatoms. The van der Waals surface area contributed by atoms with E-state index in [0.717, 1.165) is 25.9 Å². The summed E-state index contributed by atoms with van der Waals surface area (Å²) in [5, 5.41) is 12.1. The first-order chi connectivity index (χ1) is 7.02. The lowest BCUT2D eigenvalue weighted by Crippen LogP contribution is -2.43. The molecule has 1 N–H and O–H groups in total. The first kappa shape index (κ1) is 14.4. The normalized spacial score (nSPS) is 17.1. The number of rotatable bonds is 7. The summed E-state index contributed by atoms with van der Waals surface area (Å²) < 4.78 is 0. The summed E-state index contributed by atoms with van der Waals surface area (Å²) in [6.07, 6.45) is 2.04. The minimum Gasteiger partial charge on any atom is -0.303 e. The molecule has 0 fully saturated rings. The van der Waals surface area contributed by atoms with Crippen LogP contribution in [0.25, 0.3) is 0 Å². The Morgan fingerprint density at radius 2 is 2.07 bits per heavy atom. The van der Waals surface area contributed by atoms with Crippen molar-refractivity contribution in [1.29, 1.82) is 5.26 Å². The molecule has 0 aromatic heterocycles. The van der Waals surface area contributed by atoms with E-state index < -0.39 is 0 Å². The van der Waals surface area contributed by atoms with Gasteiger partial charge in [0.05, 0.1) is 6.07 Å². The molecule has 0 spiro atoms. The molecule has 2 atom stereocenters. The highest BCUT2D eigenvalue weighted by Gasteiger charge is 2.22. The third kappa shape index (κ3) is 4.63. The van der Waals surface area contributed by atoms with Gasteiger partial charge in [-0.2, -0.15) is 5.26 Å². The first-order valence-corrected chi connectivity index (χ1v) is 5.87. The van der Waals surface area contributed by atoms with Gasteiger partial charge in [-0.3, -0.25) is 0 Å². The maximum Gasteiger partial charge on any atom is 0.104 e. The van der Waals surface area contributed by atoms with E-state index in [1.54, 1.807) is 0 Å². The molecule has 0 aliphatic carbocycles. The van der Waals surface area contributed by atoms with E-state index in [-0.39, 0.29) is 5.54 Å². The zero-order valence-corrected chi connectivity index (χ0v) is 10.8. The minimum absolute atomic E-state index is 0.388. The second-order valence-corrected chi connectivity index (χ2v) is 4.33. The van der Waals surface area contributed by atoms with Crippen molar-refractivity contribution >= 4 is 0 Å². The average Bonchev–Trinajstić information content (AvgIpc) is 2.29. The van der Waals surface area contributed by atoms with Gasteiger partial charge < -0.3 is 10.2 Å². The highest BCUT2D eigenvalue weighted by Crippen LogP contribution is 2.11. The Kier molecular flexibility index (Phi) is 6.55. The Labute approximate surface area is 94.5 Å². The van der Waals surface area contributed by atoms with Crippen LogP contribution in [-0.4, -0.2) is 36.6 Å².